The number of hydrogen-bond donors (Lipinski definition) is 2. The Morgan fingerprint density at radius 3 is 2.62 bits per heavy atom. The third-order valence-electron chi connectivity index (χ3n) is 4.98. The van der Waals surface area contributed by atoms with Crippen LogP contribution in [0.25, 0.3) is 11.1 Å². The van der Waals surface area contributed by atoms with Gasteiger partial charge in [0.2, 0.25) is 10.0 Å². The van der Waals surface area contributed by atoms with Crippen molar-refractivity contribution >= 4 is 15.7 Å². The fourth-order valence-electron chi connectivity index (χ4n) is 3.69. The van der Waals surface area contributed by atoms with E-state index < -0.39 is 10.0 Å². The number of nitrogens with one attached hydrogen (secondary N) is 2. The van der Waals surface area contributed by atoms with Crippen molar-refractivity contribution in [1.82, 2.24) is 9.71 Å². The third kappa shape index (κ3) is 2.91. The molecule has 1 unspecified atom stereocenters. The maximum absolute atomic E-state index is 12.7. The first-order chi connectivity index (χ1) is 11.6. The number of benzene rings is 1. The largest absolute Gasteiger partial charge is 0.368 e. The maximum Gasteiger partial charge on any atom is 0.244 e. The van der Waals surface area contributed by atoms with E-state index in [-0.39, 0.29) is 6.17 Å². The van der Waals surface area contributed by atoms with Crippen molar-refractivity contribution in [3.05, 3.63) is 42.7 Å². The summed E-state index contributed by atoms with van der Waals surface area (Å²) < 4.78 is 28.3. The van der Waals surface area contributed by atoms with Gasteiger partial charge in [0.05, 0.1) is 11.9 Å². The van der Waals surface area contributed by atoms with Gasteiger partial charge in [-0.2, -0.15) is 4.72 Å². The fourth-order valence-corrected chi connectivity index (χ4v) is 5.10. The summed E-state index contributed by atoms with van der Waals surface area (Å²) in [6, 6.07) is 9.31. The monoisotopic (exact) mass is 343 g/mol. The number of aromatic nitrogens is 1. The van der Waals surface area contributed by atoms with Crippen LogP contribution in [0.5, 0.6) is 0 Å². The van der Waals surface area contributed by atoms with E-state index in [1.54, 1.807) is 18.5 Å². The minimum atomic E-state index is -3.50. The van der Waals surface area contributed by atoms with Crippen LogP contribution < -0.4 is 10.0 Å². The van der Waals surface area contributed by atoms with Gasteiger partial charge in [-0.1, -0.05) is 31.4 Å². The topological polar surface area (TPSA) is 71.1 Å². The second-order valence-electron chi connectivity index (χ2n) is 6.59. The number of sulfonamides is 1. The van der Waals surface area contributed by atoms with Crippen LogP contribution in [0, 0.1) is 5.92 Å². The highest BCUT2D eigenvalue weighted by atomic mass is 32.2. The highest BCUT2D eigenvalue weighted by molar-refractivity contribution is 7.89. The average molecular weight is 343 g/mol. The van der Waals surface area contributed by atoms with Crippen molar-refractivity contribution in [2.75, 3.05) is 5.32 Å². The SMILES string of the molecule is O=S1(=O)NC(C2CCCCC2)Nc2ccc(-c3cccnc3)cc21. The number of nitrogens with zero attached hydrogens (tertiary/aromatic N) is 1. The Balaban J connectivity index is 1.68. The van der Waals surface area contributed by atoms with Crippen LogP contribution in [0.15, 0.2) is 47.6 Å². The highest BCUT2D eigenvalue weighted by Gasteiger charge is 2.34. The van der Waals surface area contributed by atoms with E-state index >= 15 is 0 Å². The molecular weight excluding hydrogens is 322 g/mol. The second-order valence-corrected chi connectivity index (χ2v) is 8.28. The summed E-state index contributed by atoms with van der Waals surface area (Å²) in [5, 5.41) is 3.40. The summed E-state index contributed by atoms with van der Waals surface area (Å²) in [5.41, 5.74) is 2.45. The van der Waals surface area contributed by atoms with Crippen LogP contribution >= 0.6 is 0 Å². The smallest absolute Gasteiger partial charge is 0.244 e. The van der Waals surface area contributed by atoms with E-state index in [0.29, 0.717) is 16.5 Å². The summed E-state index contributed by atoms with van der Waals surface area (Å²) in [6.45, 7) is 0. The molecule has 24 heavy (non-hydrogen) atoms. The molecule has 2 aliphatic rings. The zero-order chi connectivity index (χ0) is 16.6. The molecule has 1 atom stereocenters. The van der Waals surface area contributed by atoms with Crippen molar-refractivity contribution in [3.63, 3.8) is 0 Å². The molecule has 0 radical (unpaired) electrons. The van der Waals surface area contributed by atoms with Gasteiger partial charge in [0.15, 0.2) is 0 Å². The molecule has 0 saturated heterocycles. The first-order valence-electron chi connectivity index (χ1n) is 8.47. The predicted molar refractivity (Wildman–Crippen MR) is 94.0 cm³/mol. The zero-order valence-electron chi connectivity index (χ0n) is 13.4. The molecule has 0 amide bonds. The molecule has 2 N–H and O–H groups in total. The number of fused-ring (bicyclic) bond motifs is 1. The molecule has 1 aliphatic heterocycles. The predicted octanol–water partition coefficient (Wildman–Crippen LogP) is 3.36. The first-order valence-corrected chi connectivity index (χ1v) is 9.95. The second kappa shape index (κ2) is 6.18. The van der Waals surface area contributed by atoms with Gasteiger partial charge in [-0.3, -0.25) is 4.98 Å². The Kier molecular flexibility index (Phi) is 4.02. The average Bonchev–Trinajstić information content (AvgIpc) is 2.62. The van der Waals surface area contributed by atoms with Gasteiger partial charge in [0.1, 0.15) is 4.90 Å². The highest BCUT2D eigenvalue weighted by Crippen LogP contribution is 2.35. The quantitative estimate of drug-likeness (QED) is 0.877. The van der Waals surface area contributed by atoms with Crippen molar-refractivity contribution < 1.29 is 8.42 Å². The molecule has 2 heterocycles. The van der Waals surface area contributed by atoms with Crippen LogP contribution in [0.2, 0.25) is 0 Å². The molecule has 2 aromatic rings. The van der Waals surface area contributed by atoms with E-state index in [2.05, 4.69) is 15.0 Å². The van der Waals surface area contributed by atoms with Crippen molar-refractivity contribution in [2.45, 2.75) is 43.2 Å². The lowest BCUT2D eigenvalue weighted by atomic mass is 9.87. The Morgan fingerprint density at radius 2 is 1.88 bits per heavy atom. The molecule has 0 bridgehead atoms. The minimum absolute atomic E-state index is 0.202. The van der Waals surface area contributed by atoms with Gasteiger partial charge in [0, 0.05) is 18.0 Å². The molecule has 1 aromatic carbocycles. The molecule has 5 nitrogen and oxygen atoms in total. The standard InChI is InChI=1S/C18H21N3O2S/c22-24(23)17-11-14(15-7-4-10-19-12-15)8-9-16(17)20-18(21-24)13-5-2-1-3-6-13/h4,7-13,18,20-21H,1-3,5-6H2. The lowest BCUT2D eigenvalue weighted by Crippen LogP contribution is -2.49. The Labute approximate surface area is 142 Å². The molecule has 6 heteroatoms. The number of hydrogen-bond acceptors (Lipinski definition) is 4. The van der Waals surface area contributed by atoms with Gasteiger partial charge in [0.25, 0.3) is 0 Å². The normalized spacial score (nSPS) is 23.2. The number of anilines is 1. The van der Waals surface area contributed by atoms with E-state index in [4.69, 9.17) is 0 Å². The number of pyridine rings is 1. The summed E-state index contributed by atoms with van der Waals surface area (Å²) in [7, 11) is -3.50. The lowest BCUT2D eigenvalue weighted by Gasteiger charge is -2.35. The van der Waals surface area contributed by atoms with Gasteiger partial charge in [-0.15, -0.1) is 0 Å². The summed E-state index contributed by atoms with van der Waals surface area (Å²) >= 11 is 0. The van der Waals surface area contributed by atoms with E-state index in [1.165, 1.54) is 19.3 Å². The van der Waals surface area contributed by atoms with Gasteiger partial charge < -0.3 is 5.32 Å². The molecule has 0 spiro atoms. The van der Waals surface area contributed by atoms with Crippen molar-refractivity contribution in [3.8, 4) is 11.1 Å². The maximum atomic E-state index is 12.7. The minimum Gasteiger partial charge on any atom is -0.368 e. The fraction of sp³-hybridized carbons (Fsp3) is 0.389. The molecule has 1 aliphatic carbocycles. The summed E-state index contributed by atoms with van der Waals surface area (Å²) in [5.74, 6) is 0.361. The van der Waals surface area contributed by atoms with Gasteiger partial charge in [-0.05, 0) is 42.5 Å². The Bertz CT molecular complexity index is 831. The summed E-state index contributed by atoms with van der Waals surface area (Å²) in [4.78, 5) is 4.42. The molecule has 1 aromatic heterocycles. The van der Waals surface area contributed by atoms with Gasteiger partial charge in [-0.25, -0.2) is 8.42 Å². The van der Waals surface area contributed by atoms with E-state index in [0.717, 1.165) is 24.0 Å². The van der Waals surface area contributed by atoms with Gasteiger partial charge >= 0.3 is 0 Å². The van der Waals surface area contributed by atoms with E-state index in [9.17, 15) is 8.42 Å². The molecule has 126 valence electrons. The van der Waals surface area contributed by atoms with Crippen molar-refractivity contribution in [2.24, 2.45) is 5.92 Å². The Morgan fingerprint density at radius 1 is 1.04 bits per heavy atom. The molecule has 1 saturated carbocycles. The lowest BCUT2D eigenvalue weighted by molar-refractivity contribution is 0.306. The van der Waals surface area contributed by atoms with Crippen LogP contribution in [-0.2, 0) is 10.0 Å². The zero-order valence-corrected chi connectivity index (χ0v) is 14.2. The molecule has 1 fully saturated rings. The van der Waals surface area contributed by atoms with Crippen LogP contribution in [0.4, 0.5) is 5.69 Å². The van der Waals surface area contributed by atoms with Crippen LogP contribution in [0.1, 0.15) is 32.1 Å². The Hall–Kier alpha value is -1.92. The van der Waals surface area contributed by atoms with Crippen molar-refractivity contribution in [1.29, 1.82) is 0 Å². The van der Waals surface area contributed by atoms with E-state index in [1.807, 2.05) is 24.3 Å². The molecular formula is C18H21N3O2S. The summed E-state index contributed by atoms with van der Waals surface area (Å²) in [6.07, 6.45) is 8.99. The third-order valence-corrected chi connectivity index (χ3v) is 6.46. The molecule has 4 rings (SSSR count). The van der Waals surface area contributed by atoms with Crippen LogP contribution in [-0.4, -0.2) is 19.6 Å². The van der Waals surface area contributed by atoms with Crippen LogP contribution in [0.3, 0.4) is 0 Å². The first kappa shape index (κ1) is 15.6. The number of rotatable bonds is 2.